The van der Waals surface area contributed by atoms with Crippen molar-refractivity contribution in [2.75, 3.05) is 13.2 Å². The summed E-state index contributed by atoms with van der Waals surface area (Å²) < 4.78 is 10.6. The van der Waals surface area contributed by atoms with Crippen LogP contribution in [-0.2, 0) is 14.3 Å². The zero-order valence-corrected chi connectivity index (χ0v) is 8.24. The number of ketones is 1. The molecule has 0 spiro atoms. The molecule has 0 aromatic heterocycles. The van der Waals surface area contributed by atoms with E-state index in [4.69, 9.17) is 14.6 Å². The number of Topliss-reactive ketones (excluding diaryl/α,β-unsaturated/α-hetero) is 1. The minimum Gasteiger partial charge on any atom is -0.396 e. The van der Waals surface area contributed by atoms with Gasteiger partial charge in [-0.1, -0.05) is 6.92 Å². The van der Waals surface area contributed by atoms with Crippen LogP contribution in [0, 0.1) is 5.92 Å². The number of hydrogen-bond acceptors (Lipinski definition) is 4. The molecule has 1 fully saturated rings. The van der Waals surface area contributed by atoms with Crippen molar-refractivity contribution in [2.45, 2.75) is 32.7 Å². The zero-order valence-electron chi connectivity index (χ0n) is 8.24. The maximum atomic E-state index is 11.5. The summed E-state index contributed by atoms with van der Waals surface area (Å²) in [5, 5.41) is 8.78. The third kappa shape index (κ3) is 2.49. The lowest BCUT2D eigenvalue weighted by Gasteiger charge is -2.17. The molecule has 1 saturated heterocycles. The van der Waals surface area contributed by atoms with Gasteiger partial charge in [0.25, 0.3) is 0 Å². The van der Waals surface area contributed by atoms with Gasteiger partial charge in [0.1, 0.15) is 6.10 Å². The van der Waals surface area contributed by atoms with Gasteiger partial charge in [-0.25, -0.2) is 0 Å². The molecule has 13 heavy (non-hydrogen) atoms. The molecule has 0 amide bonds. The van der Waals surface area contributed by atoms with E-state index >= 15 is 0 Å². The van der Waals surface area contributed by atoms with E-state index in [9.17, 15) is 4.79 Å². The average molecular weight is 188 g/mol. The molecule has 0 aliphatic carbocycles. The van der Waals surface area contributed by atoms with E-state index in [1.54, 1.807) is 20.8 Å². The first-order chi connectivity index (χ1) is 5.96. The smallest absolute Gasteiger partial charge is 0.169 e. The van der Waals surface area contributed by atoms with Crippen LogP contribution in [0.3, 0.4) is 0 Å². The van der Waals surface area contributed by atoms with Gasteiger partial charge in [0, 0.05) is 5.92 Å². The lowest BCUT2D eigenvalue weighted by molar-refractivity contribution is -0.154. The number of carbonyl (C=O) groups is 1. The first kappa shape index (κ1) is 10.6. The minimum atomic E-state index is -0.671. The van der Waals surface area contributed by atoms with Crippen LogP contribution in [0.4, 0.5) is 0 Å². The van der Waals surface area contributed by atoms with E-state index in [2.05, 4.69) is 0 Å². The lowest BCUT2D eigenvalue weighted by atomic mass is 10.0. The molecule has 2 atom stereocenters. The SMILES string of the molecule is C[C@H](CO)C(=O)[C@H]1COC(C)(C)O1. The van der Waals surface area contributed by atoms with Gasteiger partial charge >= 0.3 is 0 Å². The Morgan fingerprint density at radius 3 is 2.69 bits per heavy atom. The Labute approximate surface area is 77.8 Å². The summed E-state index contributed by atoms with van der Waals surface area (Å²) in [7, 11) is 0. The maximum absolute atomic E-state index is 11.5. The monoisotopic (exact) mass is 188 g/mol. The third-order valence-corrected chi connectivity index (χ3v) is 2.09. The standard InChI is InChI=1S/C9H16O4/c1-6(4-10)8(11)7-5-12-9(2,3)13-7/h6-7,10H,4-5H2,1-3H3/t6-,7-/m1/s1. The van der Waals surface area contributed by atoms with E-state index in [0.717, 1.165) is 0 Å². The highest BCUT2D eigenvalue weighted by Gasteiger charge is 2.38. The summed E-state index contributed by atoms with van der Waals surface area (Å²) in [6.45, 7) is 5.36. The first-order valence-electron chi connectivity index (χ1n) is 4.42. The Morgan fingerprint density at radius 1 is 1.69 bits per heavy atom. The van der Waals surface area contributed by atoms with Crippen molar-refractivity contribution >= 4 is 5.78 Å². The number of ether oxygens (including phenoxy) is 2. The number of aliphatic hydroxyl groups is 1. The molecule has 1 aliphatic heterocycles. The Morgan fingerprint density at radius 2 is 2.31 bits per heavy atom. The molecule has 0 aromatic carbocycles. The molecule has 4 nitrogen and oxygen atoms in total. The fourth-order valence-electron chi connectivity index (χ4n) is 1.23. The van der Waals surface area contributed by atoms with Crippen molar-refractivity contribution in [2.24, 2.45) is 5.92 Å². The Bertz CT molecular complexity index is 200. The fraction of sp³-hybridized carbons (Fsp3) is 0.889. The van der Waals surface area contributed by atoms with E-state index in [0.29, 0.717) is 0 Å². The quantitative estimate of drug-likeness (QED) is 0.693. The molecule has 0 bridgehead atoms. The lowest BCUT2D eigenvalue weighted by Crippen LogP contribution is -2.32. The van der Waals surface area contributed by atoms with Gasteiger partial charge in [0.15, 0.2) is 11.6 Å². The highest BCUT2D eigenvalue weighted by molar-refractivity contribution is 5.85. The summed E-state index contributed by atoms with van der Waals surface area (Å²) >= 11 is 0. The van der Waals surface area contributed by atoms with E-state index in [1.807, 2.05) is 0 Å². The maximum Gasteiger partial charge on any atom is 0.169 e. The number of aliphatic hydroxyl groups excluding tert-OH is 1. The summed E-state index contributed by atoms with van der Waals surface area (Å²) in [5.41, 5.74) is 0. The van der Waals surface area contributed by atoms with Crippen LogP contribution in [0.25, 0.3) is 0 Å². The molecular formula is C9H16O4. The van der Waals surface area contributed by atoms with E-state index < -0.39 is 11.9 Å². The van der Waals surface area contributed by atoms with Crippen molar-refractivity contribution in [1.82, 2.24) is 0 Å². The van der Waals surface area contributed by atoms with Crippen molar-refractivity contribution in [3.63, 3.8) is 0 Å². The van der Waals surface area contributed by atoms with Crippen molar-refractivity contribution < 1.29 is 19.4 Å². The van der Waals surface area contributed by atoms with Gasteiger partial charge in [-0.2, -0.15) is 0 Å². The van der Waals surface area contributed by atoms with Crippen LogP contribution in [0.15, 0.2) is 0 Å². The second-order valence-electron chi connectivity index (χ2n) is 3.80. The highest BCUT2D eigenvalue weighted by Crippen LogP contribution is 2.24. The topological polar surface area (TPSA) is 55.8 Å². The van der Waals surface area contributed by atoms with Gasteiger partial charge in [-0.15, -0.1) is 0 Å². The molecule has 1 N–H and O–H groups in total. The van der Waals surface area contributed by atoms with E-state index in [1.165, 1.54) is 0 Å². The van der Waals surface area contributed by atoms with E-state index in [-0.39, 0.29) is 24.9 Å². The molecule has 0 unspecified atom stereocenters. The molecular weight excluding hydrogens is 172 g/mol. The second-order valence-corrected chi connectivity index (χ2v) is 3.80. The second kappa shape index (κ2) is 3.74. The average Bonchev–Trinajstić information content (AvgIpc) is 2.43. The minimum absolute atomic E-state index is 0.0897. The molecule has 0 radical (unpaired) electrons. The van der Waals surface area contributed by atoms with Crippen LogP contribution in [-0.4, -0.2) is 36.0 Å². The van der Waals surface area contributed by atoms with Gasteiger partial charge in [0.05, 0.1) is 13.2 Å². The summed E-state index contributed by atoms with van der Waals surface area (Å²) in [6, 6.07) is 0. The summed E-state index contributed by atoms with van der Waals surface area (Å²) in [6.07, 6.45) is -0.517. The largest absolute Gasteiger partial charge is 0.396 e. The third-order valence-electron chi connectivity index (χ3n) is 2.09. The van der Waals surface area contributed by atoms with Gasteiger partial charge in [0.2, 0.25) is 0 Å². The summed E-state index contributed by atoms with van der Waals surface area (Å²) in [5.74, 6) is -1.13. The van der Waals surface area contributed by atoms with Crippen LogP contribution in [0.5, 0.6) is 0 Å². The Kier molecular flexibility index (Phi) is 3.05. The van der Waals surface area contributed by atoms with Crippen molar-refractivity contribution in [1.29, 1.82) is 0 Å². The molecule has 1 heterocycles. The van der Waals surface area contributed by atoms with Gasteiger partial charge in [-0.05, 0) is 13.8 Å². The fourth-order valence-corrected chi connectivity index (χ4v) is 1.23. The molecule has 1 aliphatic rings. The number of carbonyl (C=O) groups excluding carboxylic acids is 1. The predicted molar refractivity (Wildman–Crippen MR) is 46.2 cm³/mol. The molecule has 76 valence electrons. The van der Waals surface area contributed by atoms with Crippen LogP contribution in [0.1, 0.15) is 20.8 Å². The predicted octanol–water partition coefficient (Wildman–Crippen LogP) is 0.335. The molecule has 4 heteroatoms. The molecule has 1 rings (SSSR count). The van der Waals surface area contributed by atoms with Crippen LogP contribution < -0.4 is 0 Å². The Balaban J connectivity index is 2.51. The zero-order chi connectivity index (χ0) is 10.1. The number of hydrogen-bond donors (Lipinski definition) is 1. The van der Waals surface area contributed by atoms with Crippen LogP contribution >= 0.6 is 0 Å². The van der Waals surface area contributed by atoms with Crippen LogP contribution in [0.2, 0.25) is 0 Å². The number of rotatable bonds is 3. The van der Waals surface area contributed by atoms with Crippen molar-refractivity contribution in [3.8, 4) is 0 Å². The molecule has 0 saturated carbocycles. The Hall–Kier alpha value is -0.450. The van der Waals surface area contributed by atoms with Gasteiger partial charge < -0.3 is 14.6 Å². The normalized spacial score (nSPS) is 28.8. The first-order valence-corrected chi connectivity index (χ1v) is 4.42. The van der Waals surface area contributed by atoms with Crippen molar-refractivity contribution in [3.05, 3.63) is 0 Å². The summed E-state index contributed by atoms with van der Waals surface area (Å²) in [4.78, 5) is 11.5. The van der Waals surface area contributed by atoms with Gasteiger partial charge in [-0.3, -0.25) is 4.79 Å². The highest BCUT2D eigenvalue weighted by atomic mass is 16.7. The molecule has 0 aromatic rings.